The molecule has 134 valence electrons. The molecule has 3 rings (SSSR count). The van der Waals surface area contributed by atoms with E-state index in [0.717, 1.165) is 6.66 Å². The standard InChI is InChI=1S/C14H21N2O7P/c1-8-5-16(9(2)15-12(8)17)13-10-11(23-24(4,18)19)14(22-13,6-20-3)7-21-10/h5,10-11,13H,2,6-7H2,1,3-4H3,(H,15,17)(H,18,19)/t10?,11-,13-,14+/m1/s1. The lowest BCUT2D eigenvalue weighted by atomic mass is 10.0. The fraction of sp³-hybridized carbons (Fsp3) is 0.643. The van der Waals surface area contributed by atoms with Gasteiger partial charge in [-0.25, -0.2) is 0 Å². The minimum Gasteiger partial charge on any atom is -0.381 e. The molecule has 0 spiro atoms. The summed E-state index contributed by atoms with van der Waals surface area (Å²) in [5, 5.41) is 2.64. The second kappa shape index (κ2) is 5.94. The van der Waals surface area contributed by atoms with Gasteiger partial charge in [0.15, 0.2) is 6.23 Å². The number of amides is 1. The van der Waals surface area contributed by atoms with Crippen molar-refractivity contribution in [2.45, 2.75) is 31.0 Å². The fourth-order valence-corrected chi connectivity index (χ4v) is 3.93. The Bertz CT molecular complexity index is 645. The number of nitrogens with one attached hydrogen (secondary N) is 1. The number of hydrogen-bond donors (Lipinski definition) is 2. The first kappa shape index (κ1) is 17.6. The van der Waals surface area contributed by atoms with E-state index >= 15 is 0 Å². The summed E-state index contributed by atoms with van der Waals surface area (Å²) < 4.78 is 34.2. The molecular formula is C14H21N2O7P. The molecule has 0 radical (unpaired) electrons. The molecule has 2 unspecified atom stereocenters. The molecule has 10 heteroatoms. The van der Waals surface area contributed by atoms with Gasteiger partial charge in [-0.05, 0) is 6.92 Å². The van der Waals surface area contributed by atoms with Crippen LogP contribution in [0.25, 0.3) is 0 Å². The van der Waals surface area contributed by atoms with Gasteiger partial charge in [0.25, 0.3) is 5.91 Å². The molecule has 0 aromatic rings. The lowest BCUT2D eigenvalue weighted by Crippen LogP contribution is -2.50. The van der Waals surface area contributed by atoms with E-state index in [1.807, 2.05) is 0 Å². The molecule has 0 aromatic carbocycles. The zero-order valence-electron chi connectivity index (χ0n) is 13.7. The van der Waals surface area contributed by atoms with Crippen LogP contribution in [0.2, 0.25) is 0 Å². The highest BCUT2D eigenvalue weighted by molar-refractivity contribution is 7.51. The molecule has 2 fully saturated rings. The van der Waals surface area contributed by atoms with Crippen LogP contribution in [0, 0.1) is 0 Å². The first-order valence-corrected chi connectivity index (χ1v) is 9.43. The molecule has 0 saturated carbocycles. The highest BCUT2D eigenvalue weighted by Crippen LogP contribution is 2.51. The van der Waals surface area contributed by atoms with Gasteiger partial charge in [-0.3, -0.25) is 13.9 Å². The van der Waals surface area contributed by atoms with E-state index in [1.54, 1.807) is 18.0 Å². The van der Waals surface area contributed by atoms with E-state index in [1.165, 1.54) is 7.11 Å². The largest absolute Gasteiger partial charge is 0.381 e. The second-order valence-electron chi connectivity index (χ2n) is 6.23. The fourth-order valence-electron chi connectivity index (χ4n) is 3.20. The van der Waals surface area contributed by atoms with Gasteiger partial charge in [-0.15, -0.1) is 0 Å². The van der Waals surface area contributed by atoms with Crippen molar-refractivity contribution in [1.82, 2.24) is 10.2 Å². The number of fused-ring (bicyclic) bond motifs is 2. The van der Waals surface area contributed by atoms with Crippen molar-refractivity contribution in [2.75, 3.05) is 27.0 Å². The number of ether oxygens (including phenoxy) is 3. The number of hydrogen-bond acceptors (Lipinski definition) is 7. The van der Waals surface area contributed by atoms with Gasteiger partial charge in [-0.1, -0.05) is 6.58 Å². The van der Waals surface area contributed by atoms with Crippen molar-refractivity contribution in [3.8, 4) is 0 Å². The lowest BCUT2D eigenvalue weighted by Gasteiger charge is -2.38. The number of nitrogens with zero attached hydrogens (tertiary/aromatic N) is 1. The van der Waals surface area contributed by atoms with Gasteiger partial charge in [-0.2, -0.15) is 0 Å². The molecule has 9 nitrogen and oxygen atoms in total. The highest BCUT2D eigenvalue weighted by atomic mass is 31.2. The summed E-state index contributed by atoms with van der Waals surface area (Å²) in [6.07, 6.45) is -0.454. The zero-order chi connectivity index (χ0) is 17.7. The van der Waals surface area contributed by atoms with Crippen molar-refractivity contribution < 1.29 is 33.0 Å². The van der Waals surface area contributed by atoms with Crippen LogP contribution in [-0.2, 0) is 28.1 Å². The maximum atomic E-state index is 11.8. The summed E-state index contributed by atoms with van der Waals surface area (Å²) in [4.78, 5) is 23.0. The third kappa shape index (κ3) is 2.92. The molecule has 0 aromatic heterocycles. The number of carbonyl (C=O) groups is 1. The van der Waals surface area contributed by atoms with E-state index in [4.69, 9.17) is 18.7 Å². The summed E-state index contributed by atoms with van der Waals surface area (Å²) in [6.45, 7) is 6.91. The van der Waals surface area contributed by atoms with E-state index in [9.17, 15) is 14.3 Å². The topological polar surface area (TPSA) is 107 Å². The quantitative estimate of drug-likeness (QED) is 0.667. The Morgan fingerprint density at radius 1 is 1.62 bits per heavy atom. The molecule has 0 aliphatic carbocycles. The predicted molar refractivity (Wildman–Crippen MR) is 82.7 cm³/mol. The molecule has 3 aliphatic rings. The van der Waals surface area contributed by atoms with Gasteiger partial charge in [0.1, 0.15) is 23.6 Å². The van der Waals surface area contributed by atoms with Gasteiger partial charge < -0.3 is 29.3 Å². The number of rotatable bonds is 5. The maximum absolute atomic E-state index is 11.8. The average molecular weight is 360 g/mol. The normalized spacial score (nSPS) is 38.1. The Hall–Kier alpha value is -1.22. The van der Waals surface area contributed by atoms with Crippen molar-refractivity contribution in [1.29, 1.82) is 0 Å². The SMILES string of the molecule is C=C1NC(=O)C(C)=CN1[C@@H]1O[C@@]2(COC)COC1[C@H]2OP(C)(=O)O. The van der Waals surface area contributed by atoms with Crippen molar-refractivity contribution in [3.63, 3.8) is 0 Å². The van der Waals surface area contributed by atoms with Crippen LogP contribution in [-0.4, -0.2) is 66.7 Å². The summed E-state index contributed by atoms with van der Waals surface area (Å²) in [5.41, 5.74) is -0.516. The smallest absolute Gasteiger partial charge is 0.325 e. The highest BCUT2D eigenvalue weighted by Gasteiger charge is 2.65. The summed E-state index contributed by atoms with van der Waals surface area (Å²) in [7, 11) is -2.26. The van der Waals surface area contributed by atoms with Crippen LogP contribution in [0.4, 0.5) is 0 Å². The van der Waals surface area contributed by atoms with E-state index in [0.29, 0.717) is 11.4 Å². The first-order valence-electron chi connectivity index (χ1n) is 7.41. The Balaban J connectivity index is 1.91. The van der Waals surface area contributed by atoms with E-state index in [-0.39, 0.29) is 19.1 Å². The van der Waals surface area contributed by atoms with E-state index in [2.05, 4.69) is 11.9 Å². The van der Waals surface area contributed by atoms with Gasteiger partial charge in [0, 0.05) is 25.5 Å². The Kier molecular flexibility index (Phi) is 4.36. The maximum Gasteiger partial charge on any atom is 0.325 e. The Morgan fingerprint density at radius 3 is 2.96 bits per heavy atom. The lowest BCUT2D eigenvalue weighted by molar-refractivity contribution is -0.196. The first-order chi connectivity index (χ1) is 11.2. The molecule has 2 bridgehead atoms. The van der Waals surface area contributed by atoms with Gasteiger partial charge in [0.05, 0.1) is 13.2 Å². The monoisotopic (exact) mass is 360 g/mol. The van der Waals surface area contributed by atoms with Crippen LogP contribution in [0.15, 0.2) is 24.2 Å². The number of methoxy groups -OCH3 is 1. The second-order valence-corrected chi connectivity index (χ2v) is 8.05. The Labute approximate surface area is 139 Å². The third-order valence-electron chi connectivity index (χ3n) is 4.21. The van der Waals surface area contributed by atoms with Crippen LogP contribution in [0.1, 0.15) is 6.92 Å². The van der Waals surface area contributed by atoms with Crippen LogP contribution < -0.4 is 5.32 Å². The molecular weight excluding hydrogens is 339 g/mol. The summed E-state index contributed by atoms with van der Waals surface area (Å²) in [5.74, 6) is 0.0925. The van der Waals surface area contributed by atoms with Crippen LogP contribution >= 0.6 is 7.60 Å². The van der Waals surface area contributed by atoms with Crippen molar-refractivity contribution in [2.24, 2.45) is 0 Å². The van der Waals surface area contributed by atoms with Crippen molar-refractivity contribution in [3.05, 3.63) is 24.2 Å². The van der Waals surface area contributed by atoms with Crippen molar-refractivity contribution >= 4 is 13.5 Å². The molecule has 2 N–H and O–H groups in total. The summed E-state index contributed by atoms with van der Waals surface area (Å²) in [6, 6.07) is 0. The Morgan fingerprint density at radius 2 is 2.33 bits per heavy atom. The van der Waals surface area contributed by atoms with Gasteiger partial charge >= 0.3 is 7.60 Å². The van der Waals surface area contributed by atoms with Gasteiger partial charge in [0.2, 0.25) is 0 Å². The zero-order valence-corrected chi connectivity index (χ0v) is 14.6. The molecule has 3 aliphatic heterocycles. The molecule has 1 amide bonds. The number of carbonyl (C=O) groups excluding carboxylic acids is 1. The minimum atomic E-state index is -3.76. The van der Waals surface area contributed by atoms with E-state index < -0.39 is 31.6 Å². The molecule has 3 heterocycles. The summed E-state index contributed by atoms with van der Waals surface area (Å²) >= 11 is 0. The minimum absolute atomic E-state index is 0.139. The molecule has 5 atom stereocenters. The van der Waals surface area contributed by atoms with Crippen LogP contribution in [0.5, 0.6) is 0 Å². The third-order valence-corrected chi connectivity index (χ3v) is 4.82. The predicted octanol–water partition coefficient (Wildman–Crippen LogP) is 0.134. The van der Waals surface area contributed by atoms with Crippen LogP contribution in [0.3, 0.4) is 0 Å². The molecule has 24 heavy (non-hydrogen) atoms. The molecule has 2 saturated heterocycles. The average Bonchev–Trinajstić information content (AvgIpc) is 2.93.